The summed E-state index contributed by atoms with van der Waals surface area (Å²) in [5.74, 6) is 0. The van der Waals surface area contributed by atoms with Gasteiger partial charge in [0.1, 0.15) is 23.9 Å². The summed E-state index contributed by atoms with van der Waals surface area (Å²) in [5, 5.41) is 0. The minimum absolute atomic E-state index is 0.116. The van der Waals surface area contributed by atoms with Crippen molar-refractivity contribution in [3.05, 3.63) is 130 Å². The number of hydrogen-bond acceptors (Lipinski definition) is 6. The smallest absolute Gasteiger partial charge is 0.301 e. The van der Waals surface area contributed by atoms with Crippen molar-refractivity contribution in [3.63, 3.8) is 0 Å². The van der Waals surface area contributed by atoms with Crippen molar-refractivity contribution >= 4 is 0 Å². The third-order valence-electron chi connectivity index (χ3n) is 7.07. The van der Waals surface area contributed by atoms with Crippen molar-refractivity contribution in [1.29, 1.82) is 0 Å². The van der Waals surface area contributed by atoms with E-state index in [1.54, 1.807) is 17.7 Å². The lowest BCUT2D eigenvalue weighted by Gasteiger charge is -2.37. The molecule has 0 amide bonds. The minimum Gasteiger partial charge on any atom is -0.468 e. The molecule has 0 N–H and O–H groups in total. The zero-order chi connectivity index (χ0) is 25.4. The topological polar surface area (TPSA) is 75.1 Å². The molecule has 188 valence electrons. The molecular weight excluding hydrogens is 468 g/mol. The van der Waals surface area contributed by atoms with Gasteiger partial charge in [-0.15, -0.1) is 0 Å². The van der Waals surface area contributed by atoms with E-state index < -0.39 is 11.8 Å². The number of ether oxygens (including phenoxy) is 4. The summed E-state index contributed by atoms with van der Waals surface area (Å²) in [6.07, 6.45) is 0.665. The second-order valence-corrected chi connectivity index (χ2v) is 9.34. The molecule has 3 aromatic carbocycles. The number of hydrogen-bond donors (Lipinski definition) is 0. The molecule has 1 aromatic heterocycles. The normalized spacial score (nSPS) is 22.4. The van der Waals surface area contributed by atoms with Crippen LogP contribution in [0.15, 0.2) is 102 Å². The molecule has 6 rings (SSSR count). The molecule has 0 spiro atoms. The van der Waals surface area contributed by atoms with Crippen molar-refractivity contribution in [2.75, 3.05) is 13.7 Å². The molecule has 4 atom stereocenters. The Morgan fingerprint density at radius 2 is 1.38 bits per heavy atom. The zero-order valence-electron chi connectivity index (χ0n) is 20.7. The molecule has 0 aliphatic carbocycles. The van der Waals surface area contributed by atoms with E-state index in [0.717, 1.165) is 16.7 Å². The fraction of sp³-hybridized carbons (Fsp3) is 0.267. The third kappa shape index (κ3) is 4.15. The fourth-order valence-electron chi connectivity index (χ4n) is 5.22. The van der Waals surface area contributed by atoms with E-state index in [4.69, 9.17) is 18.9 Å². The van der Waals surface area contributed by atoms with Gasteiger partial charge in [0.2, 0.25) is 0 Å². The number of rotatable bonds is 8. The van der Waals surface area contributed by atoms with E-state index in [9.17, 15) is 4.79 Å². The first-order chi connectivity index (χ1) is 18.1. The Hall–Kier alpha value is -3.78. The molecule has 7 nitrogen and oxygen atoms in total. The first-order valence-electron chi connectivity index (χ1n) is 12.4. The Kier molecular flexibility index (Phi) is 6.12. The van der Waals surface area contributed by atoms with Gasteiger partial charge in [-0.3, -0.25) is 9.36 Å². The summed E-state index contributed by atoms with van der Waals surface area (Å²) in [6.45, 7) is 2.02. The average Bonchev–Trinajstić information content (AvgIpc) is 3.67. The Morgan fingerprint density at radius 1 is 0.838 bits per heavy atom. The van der Waals surface area contributed by atoms with Gasteiger partial charge in [0, 0.05) is 11.8 Å². The van der Waals surface area contributed by atoms with Gasteiger partial charge in [-0.1, -0.05) is 91.0 Å². The summed E-state index contributed by atoms with van der Waals surface area (Å²) in [7, 11) is 1.49. The van der Waals surface area contributed by atoms with Gasteiger partial charge in [-0.25, -0.2) is 0 Å². The molecule has 0 unspecified atom stereocenters. The van der Waals surface area contributed by atoms with Gasteiger partial charge in [0.15, 0.2) is 6.23 Å². The average molecular weight is 497 g/mol. The van der Waals surface area contributed by atoms with Crippen LogP contribution in [0.3, 0.4) is 0 Å². The fourth-order valence-corrected chi connectivity index (χ4v) is 5.22. The number of epoxide rings is 1. The van der Waals surface area contributed by atoms with Gasteiger partial charge in [0.05, 0.1) is 13.7 Å². The summed E-state index contributed by atoms with van der Waals surface area (Å²) in [4.78, 5) is 16.1. The van der Waals surface area contributed by atoms with E-state index in [0.29, 0.717) is 12.2 Å². The maximum absolute atomic E-state index is 12.0. The first kappa shape index (κ1) is 23.6. The predicted molar refractivity (Wildman–Crippen MR) is 138 cm³/mol. The van der Waals surface area contributed by atoms with E-state index in [1.807, 2.05) is 54.6 Å². The number of nitrogens with zero attached hydrogens (tertiary/aromatic N) is 2. The van der Waals surface area contributed by atoms with Crippen LogP contribution in [0, 0.1) is 6.92 Å². The van der Waals surface area contributed by atoms with Crippen molar-refractivity contribution in [2.24, 2.45) is 0 Å². The molecular formula is C30H28N2O5. The van der Waals surface area contributed by atoms with Gasteiger partial charge >= 0.3 is 6.01 Å². The van der Waals surface area contributed by atoms with E-state index in [-0.39, 0.29) is 29.9 Å². The standard InChI is InChI=1S/C30H28N2O5/c1-20-18-32(29(34-2)31-27(20)33)28-26-25(37-26)24(36-28)19-35-30(21-12-6-3-7-13-21,22-14-8-4-9-15-22)23-16-10-5-11-17-23/h3-18,24-26,28H,19H2,1-2H3/t24-,25+,26+,28-/m1/s1. The molecule has 0 saturated carbocycles. The third-order valence-corrected chi connectivity index (χ3v) is 7.07. The van der Waals surface area contributed by atoms with E-state index >= 15 is 0 Å². The SMILES string of the molecule is COc1nc(=O)c(C)cn1[C@@H]1O[C@H](COC(c2ccccc2)(c2ccccc2)c2ccccc2)[C@@H]2O[C@@H]21. The maximum Gasteiger partial charge on any atom is 0.301 e. The minimum atomic E-state index is -0.844. The number of benzene rings is 3. The van der Waals surface area contributed by atoms with Crippen LogP contribution in [0.2, 0.25) is 0 Å². The van der Waals surface area contributed by atoms with Crippen LogP contribution in [-0.4, -0.2) is 41.6 Å². The highest BCUT2D eigenvalue weighted by atomic mass is 16.7. The monoisotopic (exact) mass is 496 g/mol. The van der Waals surface area contributed by atoms with Crippen LogP contribution in [0.5, 0.6) is 6.01 Å². The van der Waals surface area contributed by atoms with Crippen molar-refractivity contribution in [1.82, 2.24) is 9.55 Å². The highest BCUT2D eigenvalue weighted by Crippen LogP contribution is 2.47. The van der Waals surface area contributed by atoms with E-state index in [2.05, 4.69) is 41.4 Å². The lowest BCUT2D eigenvalue weighted by molar-refractivity contribution is -0.117. The van der Waals surface area contributed by atoms with Crippen LogP contribution in [0.1, 0.15) is 28.5 Å². The summed E-state index contributed by atoms with van der Waals surface area (Å²) in [5.41, 5.74) is 2.42. The quantitative estimate of drug-likeness (QED) is 0.268. The second kappa shape index (κ2) is 9.59. The van der Waals surface area contributed by atoms with Gasteiger partial charge in [-0.05, 0) is 23.6 Å². The summed E-state index contributed by atoms with van der Waals surface area (Å²) in [6, 6.07) is 30.9. The largest absolute Gasteiger partial charge is 0.468 e. The van der Waals surface area contributed by atoms with Crippen LogP contribution in [0.25, 0.3) is 0 Å². The number of aromatic nitrogens is 2. The lowest BCUT2D eigenvalue weighted by atomic mass is 9.80. The Balaban J connectivity index is 1.35. The first-order valence-corrected chi connectivity index (χ1v) is 12.4. The maximum atomic E-state index is 12.0. The van der Waals surface area contributed by atoms with Crippen molar-refractivity contribution in [3.8, 4) is 6.01 Å². The molecule has 7 heteroatoms. The van der Waals surface area contributed by atoms with Crippen LogP contribution in [0.4, 0.5) is 0 Å². The van der Waals surface area contributed by atoms with E-state index in [1.165, 1.54) is 7.11 Å². The van der Waals surface area contributed by atoms with Crippen molar-refractivity contribution in [2.45, 2.75) is 37.1 Å². The summed E-state index contributed by atoms with van der Waals surface area (Å²) < 4.78 is 26.5. The number of methoxy groups -OCH3 is 1. The van der Waals surface area contributed by atoms with Crippen LogP contribution in [-0.2, 0) is 19.8 Å². The number of fused-ring (bicyclic) bond motifs is 1. The molecule has 4 aromatic rings. The highest BCUT2D eigenvalue weighted by molar-refractivity contribution is 5.47. The molecule has 2 fully saturated rings. The van der Waals surface area contributed by atoms with Gasteiger partial charge in [0.25, 0.3) is 5.56 Å². The van der Waals surface area contributed by atoms with Gasteiger partial charge in [-0.2, -0.15) is 4.98 Å². The van der Waals surface area contributed by atoms with Gasteiger partial charge < -0.3 is 18.9 Å². The Bertz CT molecular complexity index is 1330. The summed E-state index contributed by atoms with van der Waals surface area (Å²) >= 11 is 0. The van der Waals surface area contributed by atoms with Crippen LogP contribution >= 0.6 is 0 Å². The molecule has 0 radical (unpaired) electrons. The zero-order valence-corrected chi connectivity index (χ0v) is 20.7. The predicted octanol–water partition coefficient (Wildman–Crippen LogP) is 4.23. The molecule has 2 aliphatic heterocycles. The second-order valence-electron chi connectivity index (χ2n) is 9.34. The number of aryl methyl sites for hydroxylation is 1. The van der Waals surface area contributed by atoms with Crippen LogP contribution < -0.4 is 10.3 Å². The highest BCUT2D eigenvalue weighted by Gasteiger charge is 2.60. The Labute approximate surface area is 215 Å². The Morgan fingerprint density at radius 3 is 1.89 bits per heavy atom. The molecule has 2 aliphatic rings. The lowest BCUT2D eigenvalue weighted by Crippen LogP contribution is -2.37. The molecule has 37 heavy (non-hydrogen) atoms. The van der Waals surface area contributed by atoms with Crippen molar-refractivity contribution < 1.29 is 18.9 Å². The molecule has 2 saturated heterocycles. The molecule has 3 heterocycles. The molecule has 0 bridgehead atoms.